The topological polar surface area (TPSA) is 81.8 Å². The first-order valence-electron chi connectivity index (χ1n) is 13.1. The van der Waals surface area contributed by atoms with Crippen LogP contribution in [0.4, 0.5) is 15.9 Å². The number of carbonyl (C=O) groups excluding carboxylic acids is 1. The van der Waals surface area contributed by atoms with Crippen molar-refractivity contribution >= 4 is 51.8 Å². The average Bonchev–Trinajstić information content (AvgIpc) is 3.55. The van der Waals surface area contributed by atoms with E-state index in [9.17, 15) is 19.2 Å². The van der Waals surface area contributed by atoms with Gasteiger partial charge in [0.05, 0.1) is 17.6 Å². The molecule has 3 saturated heterocycles. The lowest BCUT2D eigenvalue weighted by Gasteiger charge is -2.39. The minimum Gasteiger partial charge on any atom is -0.376 e. The average molecular weight is 568 g/mol. The van der Waals surface area contributed by atoms with E-state index in [4.69, 9.17) is 17.0 Å². The SMILES string of the molecule is CCn1c(N2CCN(c3ccc(F)cc3)CC2)c(/C=C2/SC(=S)N(CC3CCCO3)C2=O)c(C)c(C#N)c1=O. The molecule has 1 aromatic carbocycles. The Hall–Kier alpha value is -3.20. The van der Waals surface area contributed by atoms with Gasteiger partial charge in [-0.3, -0.25) is 19.1 Å². The van der Waals surface area contributed by atoms with Crippen molar-refractivity contribution in [2.45, 2.75) is 39.3 Å². The lowest BCUT2D eigenvalue weighted by molar-refractivity contribution is -0.123. The van der Waals surface area contributed by atoms with Crippen LogP contribution in [-0.4, -0.2) is 65.1 Å². The first-order valence-corrected chi connectivity index (χ1v) is 14.3. The zero-order valence-electron chi connectivity index (χ0n) is 22.0. The number of amides is 1. The van der Waals surface area contributed by atoms with E-state index >= 15 is 0 Å². The third-order valence-electron chi connectivity index (χ3n) is 7.49. The molecule has 0 aliphatic carbocycles. The molecule has 0 radical (unpaired) electrons. The van der Waals surface area contributed by atoms with Crippen LogP contribution in [0.25, 0.3) is 6.08 Å². The van der Waals surface area contributed by atoms with Gasteiger partial charge in [0.2, 0.25) is 0 Å². The van der Waals surface area contributed by atoms with E-state index in [1.54, 1.807) is 34.6 Å². The third-order valence-corrected chi connectivity index (χ3v) is 8.87. The van der Waals surface area contributed by atoms with Crippen molar-refractivity contribution in [2.75, 3.05) is 49.1 Å². The molecule has 0 N–H and O–H groups in total. The van der Waals surface area contributed by atoms with Crippen molar-refractivity contribution < 1.29 is 13.9 Å². The van der Waals surface area contributed by atoms with Crippen LogP contribution in [-0.2, 0) is 16.1 Å². The smallest absolute Gasteiger partial charge is 0.270 e. The van der Waals surface area contributed by atoms with Gasteiger partial charge in [-0.05, 0) is 62.6 Å². The monoisotopic (exact) mass is 567 g/mol. The molecule has 3 aliphatic heterocycles. The van der Waals surface area contributed by atoms with Crippen molar-refractivity contribution in [3.05, 3.63) is 62.0 Å². The van der Waals surface area contributed by atoms with Crippen molar-refractivity contribution in [1.29, 1.82) is 5.26 Å². The molecule has 2 aromatic rings. The molecule has 1 amide bonds. The van der Waals surface area contributed by atoms with Gasteiger partial charge in [0, 0.05) is 50.6 Å². The summed E-state index contributed by atoms with van der Waals surface area (Å²) in [5, 5.41) is 9.84. The highest BCUT2D eigenvalue weighted by molar-refractivity contribution is 8.26. The summed E-state index contributed by atoms with van der Waals surface area (Å²) in [6, 6.07) is 8.52. The van der Waals surface area contributed by atoms with Gasteiger partial charge in [-0.25, -0.2) is 4.39 Å². The summed E-state index contributed by atoms with van der Waals surface area (Å²) in [6.07, 6.45) is 3.64. The van der Waals surface area contributed by atoms with Crippen LogP contribution < -0.4 is 15.4 Å². The second-order valence-corrected chi connectivity index (χ2v) is 11.5. The molecule has 1 atom stereocenters. The highest BCUT2D eigenvalue weighted by atomic mass is 32.2. The molecule has 8 nitrogen and oxygen atoms in total. The summed E-state index contributed by atoms with van der Waals surface area (Å²) in [5.41, 5.74) is 1.91. The quantitative estimate of drug-likeness (QED) is 0.384. The summed E-state index contributed by atoms with van der Waals surface area (Å²) in [7, 11) is 0. The maximum Gasteiger partial charge on any atom is 0.270 e. The van der Waals surface area contributed by atoms with Crippen LogP contribution in [0.2, 0.25) is 0 Å². The fourth-order valence-electron chi connectivity index (χ4n) is 5.39. The third kappa shape index (κ3) is 5.33. The molecular formula is C28H30FN5O3S2. The Morgan fingerprint density at radius 1 is 1.18 bits per heavy atom. The number of thioether (sulfide) groups is 1. The van der Waals surface area contributed by atoms with Crippen LogP contribution in [0.3, 0.4) is 0 Å². The first-order chi connectivity index (χ1) is 18.8. The molecule has 4 heterocycles. The molecule has 3 fully saturated rings. The Balaban J connectivity index is 1.50. The van der Waals surface area contributed by atoms with Crippen LogP contribution in [0.15, 0.2) is 34.0 Å². The van der Waals surface area contributed by atoms with E-state index in [2.05, 4.69) is 15.9 Å². The summed E-state index contributed by atoms with van der Waals surface area (Å²) in [4.78, 5) is 33.1. The standard InChI is InChI=1S/C28H30FN5O3S2/c1-3-33-25(32-12-10-31(11-13-32)20-8-6-19(29)7-9-20)22(18(2)23(16-30)26(33)35)15-24-27(36)34(28(38)39-24)17-21-5-4-14-37-21/h6-9,15,21H,3-5,10-14,17H2,1-2H3/b24-15+. The summed E-state index contributed by atoms with van der Waals surface area (Å²) in [5.74, 6) is 0.241. The van der Waals surface area contributed by atoms with Crippen LogP contribution >= 0.6 is 24.0 Å². The van der Waals surface area contributed by atoms with Gasteiger partial charge in [-0.1, -0.05) is 24.0 Å². The number of nitriles is 1. The Kier molecular flexibility index (Phi) is 8.07. The van der Waals surface area contributed by atoms with Gasteiger partial charge in [0.25, 0.3) is 11.5 Å². The number of rotatable bonds is 6. The lowest BCUT2D eigenvalue weighted by atomic mass is 10.0. The van der Waals surface area contributed by atoms with Crippen LogP contribution in [0.5, 0.6) is 0 Å². The molecule has 0 saturated carbocycles. The Morgan fingerprint density at radius 3 is 2.49 bits per heavy atom. The Labute approximate surface area is 236 Å². The van der Waals surface area contributed by atoms with E-state index in [1.807, 2.05) is 6.92 Å². The number of hydrogen-bond donors (Lipinski definition) is 0. The van der Waals surface area contributed by atoms with E-state index in [1.165, 1.54) is 23.9 Å². The maximum absolute atomic E-state index is 13.4. The number of halogens is 1. The van der Waals surface area contributed by atoms with Gasteiger partial charge < -0.3 is 14.5 Å². The lowest BCUT2D eigenvalue weighted by Crippen LogP contribution is -2.48. The summed E-state index contributed by atoms with van der Waals surface area (Å²) in [6.45, 7) is 7.71. The molecule has 1 unspecified atom stereocenters. The highest BCUT2D eigenvalue weighted by Gasteiger charge is 2.35. The van der Waals surface area contributed by atoms with E-state index in [0.717, 1.165) is 18.5 Å². The van der Waals surface area contributed by atoms with Gasteiger partial charge in [0.15, 0.2) is 0 Å². The number of benzene rings is 1. The molecule has 3 aliphatic rings. The normalized spacial score (nSPS) is 20.8. The molecule has 11 heteroatoms. The number of anilines is 2. The maximum atomic E-state index is 13.4. The number of ether oxygens (including phenoxy) is 1. The number of piperazine rings is 1. The van der Waals surface area contributed by atoms with Gasteiger partial charge >= 0.3 is 0 Å². The number of nitrogens with zero attached hydrogens (tertiary/aromatic N) is 5. The van der Waals surface area contributed by atoms with Gasteiger partial charge in [-0.2, -0.15) is 5.26 Å². The molecule has 5 rings (SSSR count). The predicted molar refractivity (Wildman–Crippen MR) is 156 cm³/mol. The van der Waals surface area contributed by atoms with Gasteiger partial charge in [-0.15, -0.1) is 0 Å². The Morgan fingerprint density at radius 2 is 1.87 bits per heavy atom. The highest BCUT2D eigenvalue weighted by Crippen LogP contribution is 2.37. The molecule has 1 aromatic heterocycles. The summed E-state index contributed by atoms with van der Waals surface area (Å²) < 4.78 is 21.2. The first kappa shape index (κ1) is 27.4. The van der Waals surface area contributed by atoms with Crippen molar-refractivity contribution in [1.82, 2.24) is 9.47 Å². The number of hydrogen-bond acceptors (Lipinski definition) is 8. The van der Waals surface area contributed by atoms with Gasteiger partial charge in [0.1, 0.15) is 27.6 Å². The zero-order valence-corrected chi connectivity index (χ0v) is 23.6. The second-order valence-electron chi connectivity index (χ2n) is 9.78. The van der Waals surface area contributed by atoms with E-state index in [0.29, 0.717) is 72.0 Å². The molecule has 204 valence electrons. The van der Waals surface area contributed by atoms with Crippen molar-refractivity contribution in [2.24, 2.45) is 0 Å². The zero-order chi connectivity index (χ0) is 27.7. The largest absolute Gasteiger partial charge is 0.376 e. The van der Waals surface area contributed by atoms with E-state index < -0.39 is 0 Å². The number of thiocarbonyl (C=S) groups is 1. The van der Waals surface area contributed by atoms with Crippen molar-refractivity contribution in [3.63, 3.8) is 0 Å². The summed E-state index contributed by atoms with van der Waals surface area (Å²) >= 11 is 6.79. The molecule has 39 heavy (non-hydrogen) atoms. The molecule has 0 spiro atoms. The fourth-order valence-corrected chi connectivity index (χ4v) is 6.64. The number of pyridine rings is 1. The number of carbonyl (C=O) groups is 1. The van der Waals surface area contributed by atoms with Crippen LogP contribution in [0.1, 0.15) is 36.5 Å². The predicted octanol–water partition coefficient (Wildman–Crippen LogP) is 3.89. The van der Waals surface area contributed by atoms with Crippen LogP contribution in [0, 0.1) is 24.1 Å². The number of aromatic nitrogens is 1. The fraction of sp³-hybridized carbons (Fsp3) is 0.429. The Bertz CT molecular complexity index is 1420. The van der Waals surface area contributed by atoms with E-state index in [-0.39, 0.29) is 29.0 Å². The molecule has 0 bridgehead atoms. The minimum absolute atomic E-state index is 0.0197. The van der Waals surface area contributed by atoms with Crippen molar-refractivity contribution in [3.8, 4) is 6.07 Å². The second kappa shape index (κ2) is 11.5. The molecular weight excluding hydrogens is 537 g/mol. The minimum atomic E-state index is -0.337.